The summed E-state index contributed by atoms with van der Waals surface area (Å²) in [5.41, 5.74) is 6.01. The standard InChI is InChI=1S/C16H16N2O2/c1-11-6-12(2)8-13(7-11)10-17-18-16(20)14-4-3-5-15(19)9-14/h3-10,19H,1-2H3,(H,18,20)/b17-10+. The fourth-order valence-corrected chi connectivity index (χ4v) is 1.96. The lowest BCUT2D eigenvalue weighted by Crippen LogP contribution is -2.17. The van der Waals surface area contributed by atoms with Gasteiger partial charge in [0.1, 0.15) is 5.75 Å². The zero-order valence-electron chi connectivity index (χ0n) is 11.4. The van der Waals surface area contributed by atoms with Crippen molar-refractivity contribution in [1.29, 1.82) is 0 Å². The number of hydrazone groups is 1. The van der Waals surface area contributed by atoms with E-state index in [2.05, 4.69) is 16.6 Å². The molecule has 20 heavy (non-hydrogen) atoms. The van der Waals surface area contributed by atoms with Gasteiger partial charge in [-0.05, 0) is 37.6 Å². The molecule has 4 nitrogen and oxygen atoms in total. The van der Waals surface area contributed by atoms with Crippen LogP contribution in [0.25, 0.3) is 0 Å². The third-order valence-corrected chi connectivity index (χ3v) is 2.73. The van der Waals surface area contributed by atoms with Gasteiger partial charge in [-0.25, -0.2) is 5.43 Å². The molecule has 0 spiro atoms. The first-order valence-corrected chi connectivity index (χ1v) is 6.25. The summed E-state index contributed by atoms with van der Waals surface area (Å²) >= 11 is 0. The second-order valence-corrected chi connectivity index (χ2v) is 4.67. The highest BCUT2D eigenvalue weighted by atomic mass is 16.3. The molecule has 0 aromatic heterocycles. The Morgan fingerprint density at radius 1 is 1.15 bits per heavy atom. The number of benzene rings is 2. The summed E-state index contributed by atoms with van der Waals surface area (Å²) in [6.45, 7) is 4.02. The summed E-state index contributed by atoms with van der Waals surface area (Å²) in [4.78, 5) is 11.8. The summed E-state index contributed by atoms with van der Waals surface area (Å²) in [7, 11) is 0. The van der Waals surface area contributed by atoms with Crippen LogP contribution >= 0.6 is 0 Å². The number of hydrogen-bond acceptors (Lipinski definition) is 3. The van der Waals surface area contributed by atoms with Gasteiger partial charge in [-0.1, -0.05) is 35.4 Å². The highest BCUT2D eigenvalue weighted by Gasteiger charge is 2.04. The number of rotatable bonds is 3. The molecule has 102 valence electrons. The molecule has 0 heterocycles. The van der Waals surface area contributed by atoms with E-state index in [0.717, 1.165) is 16.7 Å². The molecule has 0 atom stereocenters. The SMILES string of the molecule is Cc1cc(C)cc(/C=N/NC(=O)c2cccc(O)c2)c1. The Labute approximate surface area is 117 Å². The summed E-state index contributed by atoms with van der Waals surface area (Å²) < 4.78 is 0. The Hall–Kier alpha value is -2.62. The zero-order valence-corrected chi connectivity index (χ0v) is 11.4. The van der Waals surface area contributed by atoms with Gasteiger partial charge in [-0.2, -0.15) is 5.10 Å². The predicted octanol–water partition coefficient (Wildman–Crippen LogP) is 2.77. The van der Waals surface area contributed by atoms with Crippen LogP contribution in [-0.2, 0) is 0 Å². The molecule has 0 fully saturated rings. The number of nitrogens with one attached hydrogen (secondary N) is 1. The van der Waals surface area contributed by atoms with E-state index in [0.29, 0.717) is 5.56 Å². The molecule has 0 aliphatic heterocycles. The van der Waals surface area contributed by atoms with Gasteiger partial charge in [0, 0.05) is 5.56 Å². The first kappa shape index (κ1) is 13.8. The lowest BCUT2D eigenvalue weighted by molar-refractivity contribution is 0.0954. The fraction of sp³-hybridized carbons (Fsp3) is 0.125. The second-order valence-electron chi connectivity index (χ2n) is 4.67. The van der Waals surface area contributed by atoms with Crippen molar-refractivity contribution >= 4 is 12.1 Å². The first-order valence-electron chi connectivity index (χ1n) is 6.25. The van der Waals surface area contributed by atoms with Gasteiger partial charge in [0.15, 0.2) is 0 Å². The molecule has 0 aliphatic rings. The van der Waals surface area contributed by atoms with Gasteiger partial charge in [-0.3, -0.25) is 4.79 Å². The number of carbonyl (C=O) groups is 1. The molecule has 0 unspecified atom stereocenters. The predicted molar refractivity (Wildman–Crippen MR) is 79.1 cm³/mol. The monoisotopic (exact) mass is 268 g/mol. The van der Waals surface area contributed by atoms with Crippen LogP contribution in [0.4, 0.5) is 0 Å². The Morgan fingerprint density at radius 3 is 2.50 bits per heavy atom. The van der Waals surface area contributed by atoms with Gasteiger partial charge in [-0.15, -0.1) is 0 Å². The van der Waals surface area contributed by atoms with E-state index in [4.69, 9.17) is 0 Å². The van der Waals surface area contributed by atoms with E-state index in [1.807, 2.05) is 26.0 Å². The van der Waals surface area contributed by atoms with E-state index in [-0.39, 0.29) is 11.7 Å². The van der Waals surface area contributed by atoms with Crippen LogP contribution in [0.15, 0.2) is 47.6 Å². The van der Waals surface area contributed by atoms with Crippen LogP contribution < -0.4 is 5.43 Å². The maximum Gasteiger partial charge on any atom is 0.271 e. The number of aryl methyl sites for hydroxylation is 2. The van der Waals surface area contributed by atoms with E-state index in [1.165, 1.54) is 12.1 Å². The Morgan fingerprint density at radius 2 is 1.85 bits per heavy atom. The number of carbonyl (C=O) groups excluding carboxylic acids is 1. The van der Waals surface area contributed by atoms with Crippen molar-refractivity contribution in [3.8, 4) is 5.75 Å². The maximum atomic E-state index is 11.8. The summed E-state index contributed by atoms with van der Waals surface area (Å²) in [5, 5.41) is 13.2. The van der Waals surface area contributed by atoms with Crippen LogP contribution in [-0.4, -0.2) is 17.2 Å². The number of phenols is 1. The van der Waals surface area contributed by atoms with Crippen molar-refractivity contribution in [2.24, 2.45) is 5.10 Å². The molecule has 2 rings (SSSR count). The van der Waals surface area contributed by atoms with E-state index in [1.54, 1.807) is 18.3 Å². The van der Waals surface area contributed by atoms with Crippen LogP contribution in [0.2, 0.25) is 0 Å². The third kappa shape index (κ3) is 3.68. The molecular weight excluding hydrogens is 252 g/mol. The third-order valence-electron chi connectivity index (χ3n) is 2.73. The van der Waals surface area contributed by atoms with Crippen LogP contribution in [0.3, 0.4) is 0 Å². The Kier molecular flexibility index (Phi) is 4.15. The average Bonchev–Trinajstić information content (AvgIpc) is 2.37. The second kappa shape index (κ2) is 6.02. The number of aromatic hydroxyl groups is 1. The van der Waals surface area contributed by atoms with Gasteiger partial charge >= 0.3 is 0 Å². The van der Waals surface area contributed by atoms with Crippen LogP contribution in [0, 0.1) is 13.8 Å². The highest BCUT2D eigenvalue weighted by molar-refractivity contribution is 5.95. The summed E-state index contributed by atoms with van der Waals surface area (Å²) in [6.07, 6.45) is 1.60. The number of hydrogen-bond donors (Lipinski definition) is 2. The molecule has 4 heteroatoms. The Bertz CT molecular complexity index is 643. The molecule has 2 aromatic rings. The van der Waals surface area contributed by atoms with E-state index < -0.39 is 0 Å². The molecule has 2 aromatic carbocycles. The number of amides is 1. The molecule has 0 radical (unpaired) electrons. The quantitative estimate of drug-likeness (QED) is 0.664. The molecule has 0 saturated heterocycles. The minimum Gasteiger partial charge on any atom is -0.508 e. The molecule has 0 aliphatic carbocycles. The van der Waals surface area contributed by atoms with Gasteiger partial charge in [0.05, 0.1) is 6.21 Å². The minimum atomic E-state index is -0.360. The minimum absolute atomic E-state index is 0.0518. The normalized spacial score (nSPS) is 10.7. The molecule has 0 saturated carbocycles. The van der Waals surface area contributed by atoms with E-state index >= 15 is 0 Å². The largest absolute Gasteiger partial charge is 0.508 e. The van der Waals surface area contributed by atoms with Crippen molar-refractivity contribution in [2.45, 2.75) is 13.8 Å². The van der Waals surface area contributed by atoms with Gasteiger partial charge in [0.25, 0.3) is 5.91 Å². The number of phenolic OH excluding ortho intramolecular Hbond substituents is 1. The van der Waals surface area contributed by atoms with Crippen molar-refractivity contribution in [2.75, 3.05) is 0 Å². The van der Waals surface area contributed by atoms with Crippen molar-refractivity contribution in [3.05, 3.63) is 64.7 Å². The summed E-state index contributed by atoms with van der Waals surface area (Å²) in [6, 6.07) is 12.2. The summed E-state index contributed by atoms with van der Waals surface area (Å²) in [5.74, 6) is -0.308. The maximum absolute atomic E-state index is 11.8. The highest BCUT2D eigenvalue weighted by Crippen LogP contribution is 2.10. The van der Waals surface area contributed by atoms with Crippen molar-refractivity contribution < 1.29 is 9.90 Å². The lowest BCUT2D eigenvalue weighted by atomic mass is 10.1. The van der Waals surface area contributed by atoms with Crippen LogP contribution in [0.1, 0.15) is 27.0 Å². The smallest absolute Gasteiger partial charge is 0.271 e. The molecule has 0 bridgehead atoms. The fourth-order valence-electron chi connectivity index (χ4n) is 1.96. The lowest BCUT2D eigenvalue weighted by Gasteiger charge is -2.01. The molecular formula is C16H16N2O2. The topological polar surface area (TPSA) is 61.7 Å². The average molecular weight is 268 g/mol. The van der Waals surface area contributed by atoms with Crippen molar-refractivity contribution in [3.63, 3.8) is 0 Å². The van der Waals surface area contributed by atoms with Gasteiger partial charge < -0.3 is 5.11 Å². The molecule has 1 amide bonds. The van der Waals surface area contributed by atoms with E-state index in [9.17, 15) is 9.90 Å². The molecule has 2 N–H and O–H groups in total. The number of nitrogens with zero attached hydrogens (tertiary/aromatic N) is 1. The first-order chi connectivity index (χ1) is 9.54. The zero-order chi connectivity index (χ0) is 14.5. The van der Waals surface area contributed by atoms with Crippen LogP contribution in [0.5, 0.6) is 5.75 Å². The van der Waals surface area contributed by atoms with Gasteiger partial charge in [0.2, 0.25) is 0 Å². The van der Waals surface area contributed by atoms with Crippen molar-refractivity contribution in [1.82, 2.24) is 5.43 Å². The Balaban J connectivity index is 2.04.